The van der Waals surface area contributed by atoms with Crippen LogP contribution in [0.15, 0.2) is 59.6 Å². The number of amides is 3. The molecular weight excluding hydrogens is 566 g/mol. The number of hydrogen-bond acceptors (Lipinski definition) is 6. The number of primary amides is 1. The molecule has 1 aromatic heterocycles. The molecule has 0 radical (unpaired) electrons. The van der Waals surface area contributed by atoms with Crippen LogP contribution in [0.25, 0.3) is 10.8 Å². The minimum absolute atomic E-state index is 0.0745. The van der Waals surface area contributed by atoms with E-state index in [1.165, 1.54) is 17.0 Å². The fraction of sp³-hybridized carbons (Fsp3) is 0.379. The van der Waals surface area contributed by atoms with E-state index in [0.29, 0.717) is 17.0 Å². The summed E-state index contributed by atoms with van der Waals surface area (Å²) in [5, 5.41) is 1.89. The number of aryl methyl sites for hydroxylation is 1. The summed E-state index contributed by atoms with van der Waals surface area (Å²) in [6.45, 7) is 3.67. The first-order valence-electron chi connectivity index (χ1n) is 13.5. The fourth-order valence-corrected chi connectivity index (χ4v) is 7.59. The van der Waals surface area contributed by atoms with E-state index in [-0.39, 0.29) is 29.8 Å². The molecule has 0 saturated carbocycles. The summed E-state index contributed by atoms with van der Waals surface area (Å²) in [4.78, 5) is 46.9. The minimum Gasteiger partial charge on any atom is -0.369 e. The van der Waals surface area contributed by atoms with Gasteiger partial charge < -0.3 is 15.5 Å². The summed E-state index contributed by atoms with van der Waals surface area (Å²) in [5.41, 5.74) is 7.30. The summed E-state index contributed by atoms with van der Waals surface area (Å²) in [6, 6.07) is 11.3. The molecular formula is C29H32ClN5O5S. The quantitative estimate of drug-likeness (QED) is 0.424. The van der Waals surface area contributed by atoms with E-state index >= 15 is 0 Å². The molecule has 3 amide bonds. The smallest absolute Gasteiger partial charge is 0.245 e. The van der Waals surface area contributed by atoms with E-state index in [2.05, 4.69) is 4.98 Å². The third-order valence-electron chi connectivity index (χ3n) is 7.89. The van der Waals surface area contributed by atoms with Crippen molar-refractivity contribution in [2.45, 2.75) is 56.1 Å². The van der Waals surface area contributed by atoms with Crippen LogP contribution in [0.5, 0.6) is 0 Å². The van der Waals surface area contributed by atoms with Crippen LogP contribution in [0.1, 0.15) is 43.5 Å². The van der Waals surface area contributed by atoms with Crippen molar-refractivity contribution in [3.05, 3.63) is 71.0 Å². The number of carbonyl (C=O) groups excluding carboxylic acids is 3. The maximum Gasteiger partial charge on any atom is 0.245 e. The number of carbonyl (C=O) groups is 3. The van der Waals surface area contributed by atoms with Crippen LogP contribution in [0, 0.1) is 6.92 Å². The predicted molar refractivity (Wildman–Crippen MR) is 154 cm³/mol. The van der Waals surface area contributed by atoms with Gasteiger partial charge in [-0.15, -0.1) is 0 Å². The van der Waals surface area contributed by atoms with Crippen LogP contribution < -0.4 is 5.73 Å². The molecule has 2 aliphatic heterocycles. The third kappa shape index (κ3) is 5.66. The zero-order chi connectivity index (χ0) is 29.5. The second-order valence-electron chi connectivity index (χ2n) is 10.6. The van der Waals surface area contributed by atoms with Crippen LogP contribution in [0.2, 0.25) is 5.02 Å². The van der Waals surface area contributed by atoms with Crippen molar-refractivity contribution in [2.24, 2.45) is 5.73 Å². The van der Waals surface area contributed by atoms with Gasteiger partial charge in [0, 0.05) is 24.3 Å². The Labute approximate surface area is 244 Å². The standard InChI is InChI=1S/C29H32ClN5O5S/c1-18-9-11-32-24(14-18)25-4-3-12-34(25)28(37)19(2)33-13-10-26(29(33)38)35(17-27(31)36)41(39,40)23-8-6-20-15-22(30)7-5-21(20)16-23/h5-9,11,14-16,19,25-26H,3-4,10,12-13,17H2,1-2H3,(H2,31,36)/t19-,25?,26-/m0/s1. The molecule has 3 atom stereocenters. The van der Waals surface area contributed by atoms with Gasteiger partial charge in [-0.05, 0) is 85.8 Å². The summed E-state index contributed by atoms with van der Waals surface area (Å²) in [5.74, 6) is -1.64. The number of aromatic nitrogens is 1. The van der Waals surface area contributed by atoms with E-state index < -0.39 is 40.5 Å². The van der Waals surface area contributed by atoms with E-state index in [1.807, 2.05) is 19.1 Å². The molecule has 3 heterocycles. The minimum atomic E-state index is -4.30. The summed E-state index contributed by atoms with van der Waals surface area (Å²) in [7, 11) is -4.30. The molecule has 2 aliphatic rings. The first-order chi connectivity index (χ1) is 19.5. The lowest BCUT2D eigenvalue weighted by Crippen LogP contribution is -2.52. The lowest BCUT2D eigenvalue weighted by molar-refractivity contribution is -0.144. The molecule has 10 nitrogen and oxygen atoms in total. The van der Waals surface area contributed by atoms with Crippen LogP contribution in [-0.2, 0) is 24.4 Å². The van der Waals surface area contributed by atoms with Crippen molar-refractivity contribution in [3.8, 4) is 0 Å². The average molecular weight is 598 g/mol. The number of fused-ring (bicyclic) bond motifs is 1. The molecule has 2 N–H and O–H groups in total. The molecule has 2 saturated heterocycles. The number of nitrogens with two attached hydrogens (primary N) is 1. The number of pyridine rings is 1. The average Bonchev–Trinajstić information content (AvgIpc) is 3.57. The Balaban J connectivity index is 1.38. The highest BCUT2D eigenvalue weighted by molar-refractivity contribution is 7.89. The highest BCUT2D eigenvalue weighted by atomic mass is 35.5. The zero-order valence-corrected chi connectivity index (χ0v) is 24.4. The van der Waals surface area contributed by atoms with Crippen molar-refractivity contribution >= 4 is 50.1 Å². The van der Waals surface area contributed by atoms with Gasteiger partial charge in [-0.25, -0.2) is 8.42 Å². The molecule has 0 spiro atoms. The predicted octanol–water partition coefficient (Wildman–Crippen LogP) is 3.03. The van der Waals surface area contributed by atoms with Crippen molar-refractivity contribution in [1.82, 2.24) is 19.1 Å². The molecule has 3 aromatic rings. The molecule has 5 rings (SSSR count). The SMILES string of the molecule is Cc1ccnc(C2CCCN2C(=O)[C@H](C)N2CC[C@H](N(CC(N)=O)S(=O)(=O)c3ccc4cc(Cl)ccc4c3)C2=O)c1. The van der Waals surface area contributed by atoms with E-state index in [0.717, 1.165) is 33.8 Å². The Morgan fingerprint density at radius 2 is 1.83 bits per heavy atom. The Bertz CT molecular complexity index is 1630. The first-order valence-corrected chi connectivity index (χ1v) is 15.3. The Kier molecular flexibility index (Phi) is 8.04. The highest BCUT2D eigenvalue weighted by Gasteiger charge is 2.46. The molecule has 41 heavy (non-hydrogen) atoms. The largest absolute Gasteiger partial charge is 0.369 e. The van der Waals surface area contributed by atoms with E-state index in [1.54, 1.807) is 42.3 Å². The Morgan fingerprint density at radius 3 is 2.56 bits per heavy atom. The Hall–Kier alpha value is -3.54. The zero-order valence-electron chi connectivity index (χ0n) is 22.9. The Morgan fingerprint density at radius 1 is 1.10 bits per heavy atom. The maximum atomic E-state index is 13.8. The number of benzene rings is 2. The van der Waals surface area contributed by atoms with Crippen LogP contribution in [0.3, 0.4) is 0 Å². The van der Waals surface area contributed by atoms with Gasteiger partial charge >= 0.3 is 0 Å². The van der Waals surface area contributed by atoms with Crippen molar-refractivity contribution in [2.75, 3.05) is 19.6 Å². The molecule has 0 aliphatic carbocycles. The summed E-state index contributed by atoms with van der Waals surface area (Å²) >= 11 is 6.06. The molecule has 216 valence electrons. The second kappa shape index (κ2) is 11.4. The molecule has 2 fully saturated rings. The maximum absolute atomic E-state index is 13.8. The van der Waals surface area contributed by atoms with Gasteiger partial charge in [-0.1, -0.05) is 23.7 Å². The van der Waals surface area contributed by atoms with Crippen molar-refractivity contribution in [1.29, 1.82) is 0 Å². The number of nitrogens with zero attached hydrogens (tertiary/aromatic N) is 4. The van der Waals surface area contributed by atoms with Crippen LogP contribution in [-0.4, -0.2) is 76.9 Å². The molecule has 2 aromatic carbocycles. The number of rotatable bonds is 8. The van der Waals surface area contributed by atoms with Crippen LogP contribution >= 0.6 is 11.6 Å². The second-order valence-corrected chi connectivity index (χ2v) is 13.0. The summed E-state index contributed by atoms with van der Waals surface area (Å²) in [6.07, 6.45) is 3.43. The number of sulfonamides is 1. The van der Waals surface area contributed by atoms with Gasteiger partial charge in [0.1, 0.15) is 12.1 Å². The van der Waals surface area contributed by atoms with Gasteiger partial charge in [0.2, 0.25) is 27.7 Å². The number of hydrogen-bond donors (Lipinski definition) is 1. The lowest BCUT2D eigenvalue weighted by Gasteiger charge is -2.32. The van der Waals surface area contributed by atoms with Crippen LogP contribution in [0.4, 0.5) is 0 Å². The molecule has 1 unspecified atom stereocenters. The number of halogens is 1. The van der Waals surface area contributed by atoms with Gasteiger partial charge in [-0.2, -0.15) is 4.31 Å². The van der Waals surface area contributed by atoms with Gasteiger partial charge in [0.25, 0.3) is 0 Å². The monoisotopic (exact) mass is 597 g/mol. The van der Waals surface area contributed by atoms with E-state index in [9.17, 15) is 22.8 Å². The van der Waals surface area contributed by atoms with Crippen molar-refractivity contribution in [3.63, 3.8) is 0 Å². The molecule has 12 heteroatoms. The van der Waals surface area contributed by atoms with Gasteiger partial charge in [0.05, 0.1) is 23.2 Å². The van der Waals surface area contributed by atoms with Crippen molar-refractivity contribution < 1.29 is 22.8 Å². The fourth-order valence-electron chi connectivity index (χ4n) is 5.80. The first kappa shape index (κ1) is 29.0. The summed E-state index contributed by atoms with van der Waals surface area (Å²) < 4.78 is 28.5. The van der Waals surface area contributed by atoms with Gasteiger partial charge in [0.15, 0.2) is 0 Å². The molecule has 0 bridgehead atoms. The topological polar surface area (TPSA) is 134 Å². The third-order valence-corrected chi connectivity index (χ3v) is 9.98. The normalized spacial score (nSPS) is 20.2. The van der Waals surface area contributed by atoms with Gasteiger partial charge in [-0.3, -0.25) is 19.4 Å². The lowest BCUT2D eigenvalue weighted by atomic mass is 10.1. The highest BCUT2D eigenvalue weighted by Crippen LogP contribution is 2.34. The van der Waals surface area contributed by atoms with E-state index in [4.69, 9.17) is 17.3 Å². The number of likely N-dealkylation sites (tertiary alicyclic amines) is 2.